The maximum absolute atomic E-state index is 11.3. The van der Waals surface area contributed by atoms with Gasteiger partial charge in [0.15, 0.2) is 0 Å². The third-order valence-corrected chi connectivity index (χ3v) is 2.80. The molecule has 0 aliphatic carbocycles. The van der Waals surface area contributed by atoms with Gasteiger partial charge in [0.1, 0.15) is 11.5 Å². The number of hydrogen-bond acceptors (Lipinski definition) is 5. The number of pyridine rings is 1. The minimum atomic E-state index is -0.546. The molecule has 2 rings (SSSR count). The fourth-order valence-electron chi connectivity index (χ4n) is 1.93. The second kappa shape index (κ2) is 6.16. The summed E-state index contributed by atoms with van der Waals surface area (Å²) in [6.45, 7) is 0.410. The van der Waals surface area contributed by atoms with E-state index in [9.17, 15) is 4.79 Å². The van der Waals surface area contributed by atoms with Crippen LogP contribution in [-0.2, 0) is 24.2 Å². The van der Waals surface area contributed by atoms with Gasteiger partial charge in [-0.15, -0.1) is 0 Å². The standard InChI is InChI=1S/C13H17N5O2/c1-20-7-8-4-9(16-11(5-8)13(15)19)2-3-10-6-12(14)18-17-10/h4-6H,2-3,7H2,1H3,(H2,15,19)(H3,14,17,18). The van der Waals surface area contributed by atoms with Crippen molar-refractivity contribution < 1.29 is 9.53 Å². The number of rotatable bonds is 6. The van der Waals surface area contributed by atoms with Gasteiger partial charge in [0, 0.05) is 24.6 Å². The van der Waals surface area contributed by atoms with Gasteiger partial charge in [0.25, 0.3) is 5.91 Å². The van der Waals surface area contributed by atoms with Crippen molar-refractivity contribution in [2.24, 2.45) is 5.73 Å². The number of carbonyl (C=O) groups excluding carboxylic acids is 1. The van der Waals surface area contributed by atoms with E-state index < -0.39 is 5.91 Å². The number of aromatic nitrogens is 3. The van der Waals surface area contributed by atoms with E-state index in [-0.39, 0.29) is 5.69 Å². The quantitative estimate of drug-likeness (QED) is 0.705. The van der Waals surface area contributed by atoms with E-state index in [0.29, 0.717) is 25.3 Å². The minimum absolute atomic E-state index is 0.249. The number of amides is 1. The van der Waals surface area contributed by atoms with E-state index in [1.165, 1.54) is 0 Å². The van der Waals surface area contributed by atoms with E-state index in [1.807, 2.05) is 6.07 Å². The lowest BCUT2D eigenvalue weighted by Crippen LogP contribution is -2.15. The Labute approximate surface area is 116 Å². The molecule has 0 saturated heterocycles. The Morgan fingerprint density at radius 2 is 2.15 bits per heavy atom. The third kappa shape index (κ3) is 3.55. The van der Waals surface area contributed by atoms with Gasteiger partial charge in [0.2, 0.25) is 0 Å². The molecule has 2 aromatic rings. The molecule has 0 spiro atoms. The Morgan fingerprint density at radius 3 is 2.75 bits per heavy atom. The molecular formula is C13H17N5O2. The Morgan fingerprint density at radius 1 is 1.35 bits per heavy atom. The number of nitrogen functional groups attached to an aromatic ring is 1. The van der Waals surface area contributed by atoms with Gasteiger partial charge in [-0.2, -0.15) is 5.10 Å². The Hall–Kier alpha value is -2.41. The summed E-state index contributed by atoms with van der Waals surface area (Å²) in [5.41, 5.74) is 13.6. The maximum Gasteiger partial charge on any atom is 0.267 e. The fourth-order valence-corrected chi connectivity index (χ4v) is 1.93. The summed E-state index contributed by atoms with van der Waals surface area (Å²) in [4.78, 5) is 15.5. The number of anilines is 1. The molecule has 0 aromatic carbocycles. The number of nitrogens with zero attached hydrogens (tertiary/aromatic N) is 2. The highest BCUT2D eigenvalue weighted by Gasteiger charge is 2.08. The smallest absolute Gasteiger partial charge is 0.267 e. The molecule has 0 fully saturated rings. The fraction of sp³-hybridized carbons (Fsp3) is 0.308. The first-order chi connectivity index (χ1) is 9.58. The zero-order chi connectivity index (χ0) is 14.5. The van der Waals surface area contributed by atoms with Crippen molar-refractivity contribution in [3.05, 3.63) is 40.8 Å². The first-order valence-corrected chi connectivity index (χ1v) is 6.17. The van der Waals surface area contributed by atoms with Crippen LogP contribution in [-0.4, -0.2) is 28.2 Å². The number of H-pyrrole nitrogens is 1. The van der Waals surface area contributed by atoms with Crippen LogP contribution >= 0.6 is 0 Å². The normalized spacial score (nSPS) is 10.7. The van der Waals surface area contributed by atoms with Crippen molar-refractivity contribution in [3.8, 4) is 0 Å². The molecule has 5 N–H and O–H groups in total. The second-order valence-electron chi connectivity index (χ2n) is 4.47. The van der Waals surface area contributed by atoms with E-state index >= 15 is 0 Å². The summed E-state index contributed by atoms with van der Waals surface area (Å²) >= 11 is 0. The van der Waals surface area contributed by atoms with Crippen molar-refractivity contribution in [1.29, 1.82) is 0 Å². The number of nitrogens with one attached hydrogen (secondary N) is 1. The minimum Gasteiger partial charge on any atom is -0.382 e. The van der Waals surface area contributed by atoms with Gasteiger partial charge >= 0.3 is 0 Å². The van der Waals surface area contributed by atoms with Crippen LogP contribution < -0.4 is 11.5 Å². The van der Waals surface area contributed by atoms with Crippen LogP contribution in [0.3, 0.4) is 0 Å². The lowest BCUT2D eigenvalue weighted by atomic mass is 10.1. The van der Waals surface area contributed by atoms with E-state index in [0.717, 1.165) is 17.0 Å². The first kappa shape index (κ1) is 14.0. The zero-order valence-electron chi connectivity index (χ0n) is 11.2. The van der Waals surface area contributed by atoms with Crippen LogP contribution in [0.4, 0.5) is 5.82 Å². The van der Waals surface area contributed by atoms with Crippen molar-refractivity contribution in [1.82, 2.24) is 15.2 Å². The molecule has 0 aliphatic heterocycles. The van der Waals surface area contributed by atoms with Gasteiger partial charge in [-0.1, -0.05) is 0 Å². The molecule has 106 valence electrons. The van der Waals surface area contributed by atoms with Crippen molar-refractivity contribution >= 4 is 11.7 Å². The monoisotopic (exact) mass is 275 g/mol. The molecule has 7 nitrogen and oxygen atoms in total. The van der Waals surface area contributed by atoms with Crippen LogP contribution in [0.1, 0.15) is 27.4 Å². The maximum atomic E-state index is 11.3. The van der Waals surface area contributed by atoms with E-state index in [4.69, 9.17) is 16.2 Å². The number of aromatic amines is 1. The SMILES string of the molecule is COCc1cc(CCc2cc(N)n[nH]2)nc(C(N)=O)c1. The predicted octanol–water partition coefficient (Wildman–Crippen LogP) is 0.417. The van der Waals surface area contributed by atoms with Crippen molar-refractivity contribution in [2.45, 2.75) is 19.4 Å². The Kier molecular flexibility index (Phi) is 4.31. The lowest BCUT2D eigenvalue weighted by Gasteiger charge is -2.06. The van der Waals surface area contributed by atoms with E-state index in [2.05, 4.69) is 15.2 Å². The molecule has 20 heavy (non-hydrogen) atoms. The van der Waals surface area contributed by atoms with Crippen LogP contribution in [0.5, 0.6) is 0 Å². The largest absolute Gasteiger partial charge is 0.382 e. The van der Waals surface area contributed by atoms with Gasteiger partial charge in [-0.25, -0.2) is 4.98 Å². The second-order valence-corrected chi connectivity index (χ2v) is 4.47. The highest BCUT2D eigenvalue weighted by Crippen LogP contribution is 2.11. The molecule has 0 radical (unpaired) electrons. The number of carbonyl (C=O) groups is 1. The molecular weight excluding hydrogens is 258 g/mol. The highest BCUT2D eigenvalue weighted by atomic mass is 16.5. The predicted molar refractivity (Wildman–Crippen MR) is 73.9 cm³/mol. The highest BCUT2D eigenvalue weighted by molar-refractivity contribution is 5.90. The van der Waals surface area contributed by atoms with Crippen LogP contribution in [0, 0.1) is 0 Å². The average Bonchev–Trinajstić information content (AvgIpc) is 2.82. The first-order valence-electron chi connectivity index (χ1n) is 6.17. The molecule has 0 atom stereocenters. The van der Waals surface area contributed by atoms with Crippen LogP contribution in [0.25, 0.3) is 0 Å². The Balaban J connectivity index is 2.15. The summed E-state index contributed by atoms with van der Waals surface area (Å²) in [5.74, 6) is -0.0890. The van der Waals surface area contributed by atoms with E-state index in [1.54, 1.807) is 19.2 Å². The van der Waals surface area contributed by atoms with Gasteiger partial charge < -0.3 is 16.2 Å². The third-order valence-electron chi connectivity index (χ3n) is 2.80. The average molecular weight is 275 g/mol. The van der Waals surface area contributed by atoms with Crippen molar-refractivity contribution in [3.63, 3.8) is 0 Å². The summed E-state index contributed by atoms with van der Waals surface area (Å²) in [6.07, 6.45) is 1.35. The lowest BCUT2D eigenvalue weighted by molar-refractivity contribution is 0.0995. The van der Waals surface area contributed by atoms with Gasteiger partial charge in [-0.3, -0.25) is 9.89 Å². The molecule has 0 unspecified atom stereocenters. The number of primary amides is 1. The molecule has 1 amide bonds. The molecule has 0 bridgehead atoms. The topological polar surface area (TPSA) is 120 Å². The number of hydrogen-bond donors (Lipinski definition) is 3. The zero-order valence-corrected chi connectivity index (χ0v) is 11.2. The molecule has 0 aliphatic rings. The number of aryl methyl sites for hydroxylation is 2. The summed E-state index contributed by atoms with van der Waals surface area (Å²) in [5, 5.41) is 6.69. The summed E-state index contributed by atoms with van der Waals surface area (Å²) in [7, 11) is 1.59. The van der Waals surface area contributed by atoms with Crippen molar-refractivity contribution in [2.75, 3.05) is 12.8 Å². The molecule has 2 heterocycles. The van der Waals surface area contributed by atoms with Gasteiger partial charge in [0.05, 0.1) is 6.61 Å². The Bertz CT molecular complexity index is 609. The number of ether oxygens (including phenoxy) is 1. The molecule has 2 aromatic heterocycles. The summed E-state index contributed by atoms with van der Waals surface area (Å²) in [6, 6.07) is 5.31. The van der Waals surface area contributed by atoms with Gasteiger partial charge in [-0.05, 0) is 30.5 Å². The number of methoxy groups -OCH3 is 1. The summed E-state index contributed by atoms with van der Waals surface area (Å²) < 4.78 is 5.07. The molecule has 7 heteroatoms. The molecule has 0 saturated carbocycles. The number of nitrogens with two attached hydrogens (primary N) is 2. The van der Waals surface area contributed by atoms with Crippen LogP contribution in [0.2, 0.25) is 0 Å². The van der Waals surface area contributed by atoms with Crippen LogP contribution in [0.15, 0.2) is 18.2 Å².